The average Bonchev–Trinajstić information content (AvgIpc) is 3.04. The fraction of sp³-hybridized carbons (Fsp3) is 0.296. The lowest BCUT2D eigenvalue weighted by molar-refractivity contribution is -0.0980. The summed E-state index contributed by atoms with van der Waals surface area (Å²) in [4.78, 5) is 8.00. The SMILES string of the molecule is C=O.CC.CF.CNc1cccc(/C=C2\C3=C(CCc4cc(F)ccc42)NC(C(F)F)C=C3)c1. The first-order chi connectivity index (χ1) is 16.5. The lowest BCUT2D eigenvalue weighted by Crippen LogP contribution is -2.35. The van der Waals surface area contributed by atoms with Crippen LogP contribution in [0.5, 0.6) is 0 Å². The van der Waals surface area contributed by atoms with Crippen molar-refractivity contribution in [2.45, 2.75) is 39.2 Å². The van der Waals surface area contributed by atoms with Crippen molar-refractivity contribution in [2.24, 2.45) is 0 Å². The molecule has 3 nitrogen and oxygen atoms in total. The third-order valence-electron chi connectivity index (χ3n) is 5.19. The highest BCUT2D eigenvalue weighted by molar-refractivity contribution is 5.95. The summed E-state index contributed by atoms with van der Waals surface area (Å²) in [7, 11) is 2.36. The molecule has 1 atom stereocenters. The molecule has 0 saturated heterocycles. The summed E-state index contributed by atoms with van der Waals surface area (Å²) in [5.74, 6) is -0.288. The highest BCUT2D eigenvalue weighted by Crippen LogP contribution is 2.38. The van der Waals surface area contributed by atoms with E-state index in [1.54, 1.807) is 18.2 Å². The van der Waals surface area contributed by atoms with Gasteiger partial charge in [0.2, 0.25) is 0 Å². The number of aryl methyl sites for hydroxylation is 1. The predicted octanol–water partition coefficient (Wildman–Crippen LogP) is 6.83. The number of nitrogens with one attached hydrogen (secondary N) is 2. The second-order valence-electron chi connectivity index (χ2n) is 6.99. The maximum Gasteiger partial charge on any atom is 0.261 e. The molecular weight excluding hydrogens is 444 g/mol. The van der Waals surface area contributed by atoms with Crippen LogP contribution in [-0.4, -0.2) is 33.5 Å². The molecule has 34 heavy (non-hydrogen) atoms. The van der Waals surface area contributed by atoms with Crippen molar-refractivity contribution in [1.82, 2.24) is 5.32 Å². The summed E-state index contributed by atoms with van der Waals surface area (Å²) < 4.78 is 49.8. The molecule has 4 rings (SSSR count). The molecule has 0 aromatic heterocycles. The van der Waals surface area contributed by atoms with Crippen LogP contribution in [0.4, 0.5) is 23.2 Å². The van der Waals surface area contributed by atoms with Gasteiger partial charge >= 0.3 is 0 Å². The van der Waals surface area contributed by atoms with Gasteiger partial charge in [-0.25, -0.2) is 13.2 Å². The van der Waals surface area contributed by atoms with Gasteiger partial charge < -0.3 is 15.4 Å². The number of alkyl halides is 3. The van der Waals surface area contributed by atoms with Crippen molar-refractivity contribution < 1.29 is 22.4 Å². The second kappa shape index (κ2) is 14.7. The minimum atomic E-state index is -2.48. The van der Waals surface area contributed by atoms with E-state index in [4.69, 9.17) is 4.79 Å². The molecular formula is C27H32F4N2O. The molecule has 0 amide bonds. The highest BCUT2D eigenvalue weighted by Gasteiger charge is 2.27. The molecule has 2 N–H and O–H groups in total. The van der Waals surface area contributed by atoms with E-state index >= 15 is 0 Å². The number of benzene rings is 2. The number of hydrogen-bond donors (Lipinski definition) is 2. The van der Waals surface area contributed by atoms with Crippen LogP contribution in [-0.2, 0) is 11.2 Å². The Labute approximate surface area is 199 Å². The van der Waals surface area contributed by atoms with Crippen LogP contribution in [0.2, 0.25) is 0 Å². The van der Waals surface area contributed by atoms with Crippen molar-refractivity contribution in [3.8, 4) is 0 Å². The summed E-state index contributed by atoms with van der Waals surface area (Å²) in [5, 5.41) is 6.10. The monoisotopic (exact) mass is 476 g/mol. The van der Waals surface area contributed by atoms with Crippen molar-refractivity contribution in [1.29, 1.82) is 0 Å². The smallest absolute Gasteiger partial charge is 0.261 e. The van der Waals surface area contributed by atoms with E-state index in [0.29, 0.717) is 20.0 Å². The quantitative estimate of drug-likeness (QED) is 0.477. The molecule has 0 radical (unpaired) electrons. The van der Waals surface area contributed by atoms with Crippen LogP contribution in [0.3, 0.4) is 0 Å². The molecule has 7 heteroatoms. The van der Waals surface area contributed by atoms with Crippen molar-refractivity contribution in [3.63, 3.8) is 0 Å². The van der Waals surface area contributed by atoms with Crippen molar-refractivity contribution in [3.05, 3.63) is 88.4 Å². The normalized spacial score (nSPS) is 16.9. The Bertz CT molecular complexity index is 1020. The number of anilines is 1. The van der Waals surface area contributed by atoms with Crippen molar-refractivity contribution >= 4 is 24.1 Å². The Hall–Kier alpha value is -3.35. The molecule has 0 fully saturated rings. The van der Waals surface area contributed by atoms with Crippen LogP contribution in [0.1, 0.15) is 37.0 Å². The number of fused-ring (bicyclic) bond motifs is 1. The van der Waals surface area contributed by atoms with E-state index < -0.39 is 12.5 Å². The average molecular weight is 477 g/mol. The molecule has 1 unspecified atom stereocenters. The van der Waals surface area contributed by atoms with Crippen LogP contribution in [0, 0.1) is 5.82 Å². The van der Waals surface area contributed by atoms with Gasteiger partial charge in [0.05, 0.1) is 7.18 Å². The van der Waals surface area contributed by atoms with Gasteiger partial charge in [-0.15, -0.1) is 0 Å². The number of carbonyl (C=O) groups is 1. The molecule has 2 aromatic rings. The molecule has 184 valence electrons. The maximum absolute atomic E-state index is 13.8. The zero-order valence-corrected chi connectivity index (χ0v) is 20.0. The number of halogens is 4. The van der Waals surface area contributed by atoms with Gasteiger partial charge in [-0.2, -0.15) is 0 Å². The Morgan fingerprint density at radius 3 is 2.44 bits per heavy atom. The number of carbonyl (C=O) groups excluding carboxylic acids is 1. The standard InChI is InChI=1S/C23H21F3N2.C2H6.CH3F.CH2O/c1-27-17-4-2-3-14(11-17)12-20-18-7-6-16(24)13-15(18)5-9-21-19(20)8-10-22(28-21)23(25)26;3*1-2/h2-4,6-8,10-13,22-23,27-28H,5,9H2,1H3;1-2H3;1H3;1H2/b20-12-;;;. The van der Waals surface area contributed by atoms with E-state index in [9.17, 15) is 17.6 Å². The van der Waals surface area contributed by atoms with Gasteiger partial charge in [-0.05, 0) is 65.4 Å². The van der Waals surface area contributed by atoms with Gasteiger partial charge in [0.1, 0.15) is 18.6 Å². The van der Waals surface area contributed by atoms with E-state index in [0.717, 1.165) is 39.2 Å². The number of dihydropyridines is 1. The molecule has 1 aliphatic heterocycles. The zero-order chi connectivity index (χ0) is 25.7. The molecule has 1 heterocycles. The highest BCUT2D eigenvalue weighted by atomic mass is 19.3. The fourth-order valence-electron chi connectivity index (χ4n) is 3.78. The number of hydrogen-bond acceptors (Lipinski definition) is 3. The Kier molecular flexibility index (Phi) is 12.4. The lowest BCUT2D eigenvalue weighted by atomic mass is 9.91. The van der Waals surface area contributed by atoms with E-state index in [1.807, 2.05) is 58.0 Å². The topological polar surface area (TPSA) is 41.1 Å². The summed E-state index contributed by atoms with van der Waals surface area (Å²) in [6.07, 6.45) is 4.00. The first-order valence-corrected chi connectivity index (χ1v) is 11.0. The predicted molar refractivity (Wildman–Crippen MR) is 133 cm³/mol. The van der Waals surface area contributed by atoms with E-state index in [2.05, 4.69) is 10.6 Å². The summed E-state index contributed by atoms with van der Waals surface area (Å²) in [6.45, 7) is 6.00. The number of allylic oxidation sites excluding steroid dienone is 4. The van der Waals surface area contributed by atoms with Crippen LogP contribution in [0.15, 0.2) is 65.9 Å². The zero-order valence-electron chi connectivity index (χ0n) is 20.0. The minimum Gasteiger partial charge on any atom is -0.388 e. The Morgan fingerprint density at radius 1 is 1.09 bits per heavy atom. The molecule has 1 aliphatic carbocycles. The summed E-state index contributed by atoms with van der Waals surface area (Å²) in [6, 6.07) is 11.7. The number of rotatable bonds is 3. The molecule has 2 aliphatic rings. The first-order valence-electron chi connectivity index (χ1n) is 11.0. The molecule has 0 bridgehead atoms. The van der Waals surface area contributed by atoms with Gasteiger partial charge in [-0.3, -0.25) is 4.39 Å². The summed E-state index contributed by atoms with van der Waals surface area (Å²) in [5.41, 5.74) is 6.35. The van der Waals surface area contributed by atoms with E-state index in [1.165, 1.54) is 12.1 Å². The second-order valence-corrected chi connectivity index (χ2v) is 6.99. The molecule has 0 saturated carbocycles. The Morgan fingerprint density at radius 2 is 1.79 bits per heavy atom. The van der Waals surface area contributed by atoms with Crippen LogP contribution < -0.4 is 10.6 Å². The van der Waals surface area contributed by atoms with Gasteiger partial charge in [0.15, 0.2) is 0 Å². The first kappa shape index (κ1) is 28.7. The largest absolute Gasteiger partial charge is 0.388 e. The van der Waals surface area contributed by atoms with Gasteiger partial charge in [0, 0.05) is 24.0 Å². The maximum atomic E-state index is 13.8. The van der Waals surface area contributed by atoms with Gasteiger partial charge in [-0.1, -0.05) is 44.2 Å². The Balaban J connectivity index is 0.000000894. The molecule has 2 aromatic carbocycles. The summed E-state index contributed by atoms with van der Waals surface area (Å²) >= 11 is 0. The third kappa shape index (κ3) is 7.07. The fourth-order valence-corrected chi connectivity index (χ4v) is 3.78. The molecule has 0 spiro atoms. The lowest BCUT2D eigenvalue weighted by Gasteiger charge is -2.25. The van der Waals surface area contributed by atoms with Crippen molar-refractivity contribution in [2.75, 3.05) is 19.5 Å². The van der Waals surface area contributed by atoms with Crippen LogP contribution >= 0.6 is 0 Å². The third-order valence-corrected chi connectivity index (χ3v) is 5.19. The van der Waals surface area contributed by atoms with Gasteiger partial charge in [0.25, 0.3) is 6.43 Å². The minimum absolute atomic E-state index is 0.288. The van der Waals surface area contributed by atoms with Crippen LogP contribution in [0.25, 0.3) is 11.6 Å². The van der Waals surface area contributed by atoms with E-state index in [-0.39, 0.29) is 5.82 Å².